The lowest BCUT2D eigenvalue weighted by Gasteiger charge is -2.19. The van der Waals surface area contributed by atoms with E-state index in [1.54, 1.807) is 17.5 Å². The van der Waals surface area contributed by atoms with Crippen LogP contribution in [0.5, 0.6) is 0 Å². The molecule has 0 saturated heterocycles. The number of thiophene rings is 1. The number of aromatic nitrogens is 2. The molecule has 0 aromatic carbocycles. The lowest BCUT2D eigenvalue weighted by atomic mass is 9.97. The average molecular weight is 358 g/mol. The molecule has 7 heteroatoms. The highest BCUT2D eigenvalue weighted by atomic mass is 32.1. The Morgan fingerprint density at radius 3 is 2.96 bits per heavy atom. The molecular formula is C18H22N4O2S. The SMILES string of the molecule is CC[C@@H](NC(=O)C1=Cc2cn[nH]c2CC1)C(=O)NCc1ccsc1C. The zero-order valence-electron chi connectivity index (χ0n) is 14.4. The van der Waals surface area contributed by atoms with Gasteiger partial charge in [-0.15, -0.1) is 11.3 Å². The van der Waals surface area contributed by atoms with Crippen LogP contribution in [-0.4, -0.2) is 28.1 Å². The van der Waals surface area contributed by atoms with E-state index in [0.717, 1.165) is 23.2 Å². The van der Waals surface area contributed by atoms with Gasteiger partial charge in [0.05, 0.1) is 6.20 Å². The van der Waals surface area contributed by atoms with E-state index in [1.807, 2.05) is 31.4 Å². The van der Waals surface area contributed by atoms with Crippen LogP contribution in [0.25, 0.3) is 6.08 Å². The summed E-state index contributed by atoms with van der Waals surface area (Å²) in [6.45, 7) is 4.41. The number of hydrogen-bond acceptors (Lipinski definition) is 4. The summed E-state index contributed by atoms with van der Waals surface area (Å²) in [5, 5.41) is 14.7. The second kappa shape index (κ2) is 7.65. The van der Waals surface area contributed by atoms with Crippen LogP contribution in [0.2, 0.25) is 0 Å². The van der Waals surface area contributed by atoms with Crippen LogP contribution in [0.1, 0.15) is 41.5 Å². The van der Waals surface area contributed by atoms with Crippen molar-refractivity contribution in [3.8, 4) is 0 Å². The van der Waals surface area contributed by atoms with Crippen molar-refractivity contribution in [2.75, 3.05) is 0 Å². The number of nitrogens with one attached hydrogen (secondary N) is 3. The number of aromatic amines is 1. The minimum absolute atomic E-state index is 0.151. The Bertz CT molecular complexity index is 806. The summed E-state index contributed by atoms with van der Waals surface area (Å²) in [7, 11) is 0. The Hall–Kier alpha value is -2.41. The quantitative estimate of drug-likeness (QED) is 0.741. The predicted molar refractivity (Wildman–Crippen MR) is 98.0 cm³/mol. The molecule has 0 fully saturated rings. The summed E-state index contributed by atoms with van der Waals surface area (Å²) in [4.78, 5) is 26.1. The molecule has 3 N–H and O–H groups in total. The van der Waals surface area contributed by atoms with Gasteiger partial charge in [0.25, 0.3) is 0 Å². The minimum Gasteiger partial charge on any atom is -0.350 e. The fraction of sp³-hybridized carbons (Fsp3) is 0.389. The van der Waals surface area contributed by atoms with Crippen molar-refractivity contribution in [3.63, 3.8) is 0 Å². The number of hydrogen-bond donors (Lipinski definition) is 3. The number of aryl methyl sites for hydroxylation is 2. The molecule has 132 valence electrons. The Kier molecular flexibility index (Phi) is 5.33. The molecule has 2 aromatic rings. The number of amides is 2. The van der Waals surface area contributed by atoms with Crippen LogP contribution in [-0.2, 0) is 22.6 Å². The second-order valence-corrected chi connectivity index (χ2v) is 7.25. The number of nitrogens with zero attached hydrogens (tertiary/aromatic N) is 1. The molecular weight excluding hydrogens is 336 g/mol. The number of H-pyrrole nitrogens is 1. The van der Waals surface area contributed by atoms with Crippen molar-refractivity contribution in [2.24, 2.45) is 0 Å². The smallest absolute Gasteiger partial charge is 0.247 e. The largest absolute Gasteiger partial charge is 0.350 e. The first-order valence-corrected chi connectivity index (χ1v) is 9.30. The van der Waals surface area contributed by atoms with E-state index in [2.05, 4.69) is 20.8 Å². The number of carbonyl (C=O) groups excluding carboxylic acids is 2. The summed E-state index contributed by atoms with van der Waals surface area (Å²) in [5.41, 5.74) is 3.80. The van der Waals surface area contributed by atoms with Crippen molar-refractivity contribution in [3.05, 3.63) is 44.9 Å². The molecule has 2 heterocycles. The first-order chi connectivity index (χ1) is 12.1. The van der Waals surface area contributed by atoms with Gasteiger partial charge >= 0.3 is 0 Å². The van der Waals surface area contributed by atoms with Crippen LogP contribution in [0.15, 0.2) is 23.2 Å². The normalized spacial score (nSPS) is 14.4. The highest BCUT2D eigenvalue weighted by Crippen LogP contribution is 2.22. The third-order valence-corrected chi connectivity index (χ3v) is 5.35. The first kappa shape index (κ1) is 17.4. The van der Waals surface area contributed by atoms with Crippen LogP contribution < -0.4 is 10.6 Å². The van der Waals surface area contributed by atoms with E-state index in [1.165, 1.54) is 4.88 Å². The molecule has 0 radical (unpaired) electrons. The van der Waals surface area contributed by atoms with E-state index in [4.69, 9.17) is 0 Å². The van der Waals surface area contributed by atoms with Crippen molar-refractivity contribution >= 4 is 29.2 Å². The molecule has 0 unspecified atom stereocenters. The van der Waals surface area contributed by atoms with Crippen molar-refractivity contribution < 1.29 is 9.59 Å². The maximum Gasteiger partial charge on any atom is 0.247 e. The van der Waals surface area contributed by atoms with E-state index < -0.39 is 6.04 Å². The Labute approximate surface area is 150 Å². The van der Waals surface area contributed by atoms with Crippen molar-refractivity contribution in [1.82, 2.24) is 20.8 Å². The van der Waals surface area contributed by atoms with Gasteiger partial charge in [-0.25, -0.2) is 0 Å². The monoisotopic (exact) mass is 358 g/mol. The summed E-state index contributed by atoms with van der Waals surface area (Å²) in [6, 6.07) is 1.48. The minimum atomic E-state index is -0.530. The molecule has 0 aliphatic heterocycles. The van der Waals surface area contributed by atoms with Crippen LogP contribution >= 0.6 is 11.3 Å². The summed E-state index contributed by atoms with van der Waals surface area (Å²) < 4.78 is 0. The number of carbonyl (C=O) groups is 2. The molecule has 2 amide bonds. The summed E-state index contributed by atoms with van der Waals surface area (Å²) in [6.07, 6.45) is 5.51. The third kappa shape index (κ3) is 3.99. The maximum absolute atomic E-state index is 12.5. The molecule has 0 saturated carbocycles. The molecule has 25 heavy (non-hydrogen) atoms. The highest BCUT2D eigenvalue weighted by Gasteiger charge is 2.23. The molecule has 3 rings (SSSR count). The summed E-state index contributed by atoms with van der Waals surface area (Å²) in [5.74, 6) is -0.331. The summed E-state index contributed by atoms with van der Waals surface area (Å²) >= 11 is 1.66. The van der Waals surface area contributed by atoms with Crippen LogP contribution in [0.3, 0.4) is 0 Å². The highest BCUT2D eigenvalue weighted by molar-refractivity contribution is 7.10. The first-order valence-electron chi connectivity index (χ1n) is 8.42. The Morgan fingerprint density at radius 2 is 2.24 bits per heavy atom. The maximum atomic E-state index is 12.5. The fourth-order valence-corrected chi connectivity index (χ4v) is 3.58. The van der Waals surface area contributed by atoms with E-state index in [-0.39, 0.29) is 11.8 Å². The lowest BCUT2D eigenvalue weighted by Crippen LogP contribution is -2.46. The predicted octanol–water partition coefficient (Wildman–Crippen LogP) is 2.32. The van der Waals surface area contributed by atoms with E-state index >= 15 is 0 Å². The van der Waals surface area contributed by atoms with Crippen molar-refractivity contribution in [1.29, 1.82) is 0 Å². The third-order valence-electron chi connectivity index (χ3n) is 4.47. The zero-order chi connectivity index (χ0) is 17.8. The van der Waals surface area contributed by atoms with Gasteiger partial charge in [0, 0.05) is 28.3 Å². The lowest BCUT2D eigenvalue weighted by molar-refractivity contribution is -0.127. The van der Waals surface area contributed by atoms with Crippen LogP contribution in [0.4, 0.5) is 0 Å². The van der Waals surface area contributed by atoms with Gasteiger partial charge in [0.2, 0.25) is 11.8 Å². The molecule has 6 nitrogen and oxygen atoms in total. The molecule has 1 aliphatic carbocycles. The Balaban J connectivity index is 1.59. The average Bonchev–Trinajstić information content (AvgIpc) is 3.25. The second-order valence-electron chi connectivity index (χ2n) is 6.13. The molecule has 0 bridgehead atoms. The van der Waals surface area contributed by atoms with Crippen LogP contribution in [0, 0.1) is 6.92 Å². The van der Waals surface area contributed by atoms with Crippen molar-refractivity contribution in [2.45, 2.75) is 45.7 Å². The van der Waals surface area contributed by atoms with Gasteiger partial charge in [-0.3, -0.25) is 14.7 Å². The van der Waals surface area contributed by atoms with E-state index in [9.17, 15) is 9.59 Å². The standard InChI is InChI=1S/C18H22N4O2S/c1-3-15(18(24)19-9-13-6-7-25-11(13)2)21-17(23)12-4-5-16-14(8-12)10-20-22-16/h6-8,10,15H,3-5,9H2,1-2H3,(H,19,24)(H,20,22)(H,21,23)/t15-/m1/s1. The number of rotatable bonds is 6. The van der Waals surface area contributed by atoms with Gasteiger partial charge < -0.3 is 10.6 Å². The molecule has 1 atom stereocenters. The van der Waals surface area contributed by atoms with Gasteiger partial charge in [-0.2, -0.15) is 5.10 Å². The topological polar surface area (TPSA) is 86.9 Å². The van der Waals surface area contributed by atoms with E-state index in [0.29, 0.717) is 25.0 Å². The van der Waals surface area contributed by atoms with Gasteiger partial charge in [-0.05, 0) is 49.3 Å². The van der Waals surface area contributed by atoms with Gasteiger partial charge in [0.15, 0.2) is 0 Å². The molecule has 0 spiro atoms. The van der Waals surface area contributed by atoms with Gasteiger partial charge in [-0.1, -0.05) is 6.92 Å². The van der Waals surface area contributed by atoms with Gasteiger partial charge in [0.1, 0.15) is 6.04 Å². The Morgan fingerprint density at radius 1 is 1.40 bits per heavy atom. The number of fused-ring (bicyclic) bond motifs is 1. The zero-order valence-corrected chi connectivity index (χ0v) is 15.2. The molecule has 2 aromatic heterocycles. The fourth-order valence-electron chi connectivity index (χ4n) is 2.85. The molecule has 1 aliphatic rings.